The Kier molecular flexibility index (Phi) is 3.06. The summed E-state index contributed by atoms with van der Waals surface area (Å²) >= 11 is 0. The molecule has 1 atom stereocenters. The van der Waals surface area contributed by atoms with Crippen molar-refractivity contribution in [1.82, 2.24) is 0 Å². The summed E-state index contributed by atoms with van der Waals surface area (Å²) in [6.07, 6.45) is 0. The lowest BCUT2D eigenvalue weighted by molar-refractivity contribution is 0.474. The van der Waals surface area contributed by atoms with Gasteiger partial charge in [0.15, 0.2) is 5.96 Å². The fourth-order valence-corrected chi connectivity index (χ4v) is 2.50. The van der Waals surface area contributed by atoms with Crippen molar-refractivity contribution in [2.45, 2.75) is 13.0 Å². The number of anilines is 1. The van der Waals surface area contributed by atoms with Crippen molar-refractivity contribution in [3.63, 3.8) is 0 Å². The molecule has 0 aromatic heterocycles. The van der Waals surface area contributed by atoms with E-state index in [-0.39, 0.29) is 11.8 Å². The van der Waals surface area contributed by atoms with Crippen LogP contribution in [-0.4, -0.2) is 17.6 Å². The summed E-state index contributed by atoms with van der Waals surface area (Å²) in [7, 11) is 0. The molecule has 1 unspecified atom stereocenters. The molecule has 2 aromatic carbocycles. The average Bonchev–Trinajstić information content (AvgIpc) is 2.82. The van der Waals surface area contributed by atoms with E-state index in [4.69, 9.17) is 5.73 Å². The molecule has 0 fully saturated rings. The van der Waals surface area contributed by atoms with E-state index >= 15 is 0 Å². The van der Waals surface area contributed by atoms with Gasteiger partial charge in [0.25, 0.3) is 0 Å². The summed E-state index contributed by atoms with van der Waals surface area (Å²) in [6, 6.07) is 15.5. The number of phenols is 1. The number of nitrogens with two attached hydrogens (primary N) is 1. The van der Waals surface area contributed by atoms with E-state index in [2.05, 4.69) is 24.0 Å². The highest BCUT2D eigenvalue weighted by Crippen LogP contribution is 2.32. The Labute approximate surface area is 118 Å². The van der Waals surface area contributed by atoms with Gasteiger partial charge in [-0.25, -0.2) is 0 Å². The number of rotatable bonds is 2. The minimum Gasteiger partial charge on any atom is -0.508 e. The molecule has 102 valence electrons. The maximum Gasteiger partial charge on any atom is 0.196 e. The minimum atomic E-state index is 0.0322. The van der Waals surface area contributed by atoms with E-state index in [1.165, 1.54) is 5.56 Å². The van der Waals surface area contributed by atoms with Gasteiger partial charge < -0.3 is 15.7 Å². The Bertz CT molecular complexity index is 649. The third kappa shape index (κ3) is 2.20. The zero-order valence-corrected chi connectivity index (χ0v) is 11.3. The van der Waals surface area contributed by atoms with E-state index in [0.29, 0.717) is 12.5 Å². The molecule has 4 nitrogen and oxygen atoms in total. The van der Waals surface area contributed by atoms with Crippen LogP contribution in [0.15, 0.2) is 53.5 Å². The normalized spacial score (nSPS) is 18.1. The number of nitrogens with zero attached hydrogens (tertiary/aromatic N) is 2. The summed E-state index contributed by atoms with van der Waals surface area (Å²) in [6.45, 7) is 2.65. The van der Waals surface area contributed by atoms with Crippen LogP contribution in [0.25, 0.3) is 0 Å². The molecule has 3 N–H and O–H groups in total. The fourth-order valence-electron chi connectivity index (χ4n) is 2.50. The number of hydrogen-bond donors (Lipinski definition) is 2. The van der Waals surface area contributed by atoms with Gasteiger partial charge in [-0.1, -0.05) is 29.8 Å². The summed E-state index contributed by atoms with van der Waals surface area (Å²) in [5.41, 5.74) is 9.26. The van der Waals surface area contributed by atoms with Crippen molar-refractivity contribution in [2.24, 2.45) is 10.7 Å². The van der Waals surface area contributed by atoms with Crippen LogP contribution in [-0.2, 0) is 0 Å². The number of benzene rings is 2. The summed E-state index contributed by atoms with van der Waals surface area (Å²) < 4.78 is 0. The van der Waals surface area contributed by atoms with Gasteiger partial charge in [-0.2, -0.15) is 0 Å². The Morgan fingerprint density at radius 2 is 1.95 bits per heavy atom. The largest absolute Gasteiger partial charge is 0.508 e. The molecule has 1 aliphatic rings. The molecule has 0 aliphatic carbocycles. The number of guanidine groups is 1. The second-order valence-electron chi connectivity index (χ2n) is 5.02. The molecule has 0 amide bonds. The quantitative estimate of drug-likeness (QED) is 0.879. The van der Waals surface area contributed by atoms with Crippen LogP contribution in [0.5, 0.6) is 5.75 Å². The fraction of sp³-hybridized carbons (Fsp3) is 0.188. The number of hydrogen-bond acceptors (Lipinski definition) is 4. The molecular weight excluding hydrogens is 250 g/mol. The maximum atomic E-state index is 9.65. The van der Waals surface area contributed by atoms with Crippen molar-refractivity contribution < 1.29 is 5.11 Å². The first kappa shape index (κ1) is 12.5. The predicted molar refractivity (Wildman–Crippen MR) is 81.0 cm³/mol. The Hall–Kier alpha value is -2.49. The highest BCUT2D eigenvalue weighted by molar-refractivity contribution is 5.97. The molecule has 1 aliphatic heterocycles. The molecular formula is C16H17N3O. The van der Waals surface area contributed by atoms with Gasteiger partial charge in [-0.15, -0.1) is 0 Å². The molecule has 0 radical (unpaired) electrons. The summed E-state index contributed by atoms with van der Waals surface area (Å²) in [4.78, 5) is 6.35. The van der Waals surface area contributed by atoms with Crippen LogP contribution < -0.4 is 10.6 Å². The number of aromatic hydroxyl groups is 1. The van der Waals surface area contributed by atoms with E-state index in [1.807, 2.05) is 29.2 Å². The topological polar surface area (TPSA) is 61.8 Å². The smallest absolute Gasteiger partial charge is 0.196 e. The van der Waals surface area contributed by atoms with Crippen LogP contribution >= 0.6 is 0 Å². The molecule has 1 heterocycles. The Balaban J connectivity index is 1.98. The monoisotopic (exact) mass is 267 g/mol. The zero-order valence-electron chi connectivity index (χ0n) is 11.3. The molecule has 0 bridgehead atoms. The maximum absolute atomic E-state index is 9.65. The molecule has 2 aromatic rings. The summed E-state index contributed by atoms with van der Waals surface area (Å²) in [5.74, 6) is 0.777. The molecule has 0 saturated heterocycles. The highest BCUT2D eigenvalue weighted by atomic mass is 16.3. The second-order valence-corrected chi connectivity index (χ2v) is 5.02. The van der Waals surface area contributed by atoms with Gasteiger partial charge in [0.1, 0.15) is 5.75 Å². The number of aryl methyl sites for hydroxylation is 1. The lowest BCUT2D eigenvalue weighted by atomic mass is 10.0. The van der Waals surface area contributed by atoms with Crippen LogP contribution in [0, 0.1) is 6.92 Å². The second kappa shape index (κ2) is 4.89. The molecule has 3 rings (SSSR count). The van der Waals surface area contributed by atoms with Gasteiger partial charge in [0, 0.05) is 5.69 Å². The van der Waals surface area contributed by atoms with Crippen LogP contribution in [0.1, 0.15) is 17.2 Å². The van der Waals surface area contributed by atoms with Crippen LogP contribution in [0.2, 0.25) is 0 Å². The Morgan fingerprint density at radius 1 is 1.20 bits per heavy atom. The molecule has 0 spiro atoms. The minimum absolute atomic E-state index is 0.0322. The van der Waals surface area contributed by atoms with Gasteiger partial charge in [-0.3, -0.25) is 4.99 Å². The van der Waals surface area contributed by atoms with Crippen LogP contribution in [0.4, 0.5) is 5.69 Å². The lowest BCUT2D eigenvalue weighted by Gasteiger charge is -2.26. The van der Waals surface area contributed by atoms with Crippen molar-refractivity contribution in [1.29, 1.82) is 0 Å². The van der Waals surface area contributed by atoms with E-state index < -0.39 is 0 Å². The van der Waals surface area contributed by atoms with Gasteiger partial charge in [0.2, 0.25) is 0 Å². The third-order valence-corrected chi connectivity index (χ3v) is 3.55. The standard InChI is InChI=1S/C16H17N3O/c1-11-5-7-13(8-6-11)19-15(10-18-16(19)17)12-3-2-4-14(20)9-12/h2-9,15,20H,10H2,1H3,(H2,17,18). The number of aliphatic imine (C=N–C) groups is 1. The molecule has 0 saturated carbocycles. The van der Waals surface area contributed by atoms with E-state index in [1.54, 1.807) is 12.1 Å². The average molecular weight is 267 g/mol. The van der Waals surface area contributed by atoms with E-state index in [9.17, 15) is 5.11 Å². The predicted octanol–water partition coefficient (Wildman–Crippen LogP) is 2.58. The van der Waals surface area contributed by atoms with Gasteiger partial charge >= 0.3 is 0 Å². The first-order chi connectivity index (χ1) is 9.65. The Morgan fingerprint density at radius 3 is 2.65 bits per heavy atom. The zero-order chi connectivity index (χ0) is 14.1. The highest BCUT2D eigenvalue weighted by Gasteiger charge is 2.28. The van der Waals surface area contributed by atoms with Crippen molar-refractivity contribution in [3.8, 4) is 5.75 Å². The molecule has 20 heavy (non-hydrogen) atoms. The first-order valence-corrected chi connectivity index (χ1v) is 6.60. The SMILES string of the molecule is Cc1ccc(N2C(N)=NCC2c2cccc(O)c2)cc1. The number of phenolic OH excluding ortho intramolecular Hbond substituents is 1. The van der Waals surface area contributed by atoms with Gasteiger partial charge in [0.05, 0.1) is 12.6 Å². The lowest BCUT2D eigenvalue weighted by Crippen LogP contribution is -2.36. The molecule has 4 heteroatoms. The first-order valence-electron chi connectivity index (χ1n) is 6.60. The van der Waals surface area contributed by atoms with Crippen molar-refractivity contribution in [3.05, 3.63) is 59.7 Å². The van der Waals surface area contributed by atoms with Crippen molar-refractivity contribution >= 4 is 11.6 Å². The van der Waals surface area contributed by atoms with Crippen molar-refractivity contribution in [2.75, 3.05) is 11.4 Å². The van der Waals surface area contributed by atoms with Gasteiger partial charge in [-0.05, 0) is 36.8 Å². The summed E-state index contributed by atoms with van der Waals surface area (Å²) in [5, 5.41) is 9.65. The van der Waals surface area contributed by atoms with Crippen LogP contribution in [0.3, 0.4) is 0 Å². The van der Waals surface area contributed by atoms with E-state index in [0.717, 1.165) is 11.3 Å². The third-order valence-electron chi connectivity index (χ3n) is 3.55.